The summed E-state index contributed by atoms with van der Waals surface area (Å²) < 4.78 is 51.8. The number of benzene rings is 2. The Morgan fingerprint density at radius 3 is 2.43 bits per heavy atom. The van der Waals surface area contributed by atoms with Crippen molar-refractivity contribution in [3.63, 3.8) is 0 Å². The van der Waals surface area contributed by atoms with Crippen LogP contribution >= 0.6 is 11.8 Å². The van der Waals surface area contributed by atoms with Crippen molar-refractivity contribution in [2.24, 2.45) is 5.73 Å². The molecule has 6 heteroatoms. The summed E-state index contributed by atoms with van der Waals surface area (Å²) in [7, 11) is 0. The molecular weight excluding hydrogens is 302 g/mol. The second-order valence-corrected chi connectivity index (χ2v) is 5.55. The van der Waals surface area contributed by atoms with Crippen molar-refractivity contribution in [1.82, 2.24) is 0 Å². The molecule has 0 spiro atoms. The van der Waals surface area contributed by atoms with Crippen molar-refractivity contribution in [2.75, 3.05) is 5.75 Å². The number of halogens is 4. The van der Waals surface area contributed by atoms with Gasteiger partial charge in [-0.15, -0.1) is 11.8 Å². The monoisotopic (exact) mass is 315 g/mol. The molecule has 0 saturated heterocycles. The molecule has 0 aliphatic rings. The fraction of sp³-hybridized carbons (Fsp3) is 0.200. The smallest absolute Gasteiger partial charge is 0.323 e. The van der Waals surface area contributed by atoms with Crippen LogP contribution in [0.3, 0.4) is 0 Å². The Morgan fingerprint density at radius 2 is 1.76 bits per heavy atom. The van der Waals surface area contributed by atoms with E-state index < -0.39 is 17.8 Å². The minimum atomic E-state index is -4.43. The molecule has 0 aromatic heterocycles. The van der Waals surface area contributed by atoms with Crippen molar-refractivity contribution >= 4 is 11.8 Å². The Morgan fingerprint density at radius 1 is 1.05 bits per heavy atom. The van der Waals surface area contributed by atoms with Crippen LogP contribution in [0, 0.1) is 5.82 Å². The number of thioether (sulfide) groups is 1. The molecule has 0 saturated carbocycles. The molecule has 2 N–H and O–H groups in total. The molecule has 1 unspecified atom stereocenters. The third-order valence-corrected chi connectivity index (χ3v) is 4.00. The average Bonchev–Trinajstić information content (AvgIpc) is 2.44. The van der Waals surface area contributed by atoms with E-state index in [1.807, 2.05) is 0 Å². The Kier molecular flexibility index (Phi) is 4.90. The highest BCUT2D eigenvalue weighted by molar-refractivity contribution is 7.99. The van der Waals surface area contributed by atoms with Gasteiger partial charge in [0.15, 0.2) is 0 Å². The lowest BCUT2D eigenvalue weighted by Crippen LogP contribution is -2.19. The molecule has 0 heterocycles. The molecule has 0 aliphatic carbocycles. The maximum absolute atomic E-state index is 13.0. The molecule has 1 nitrogen and oxygen atoms in total. The van der Waals surface area contributed by atoms with Gasteiger partial charge in [0.05, 0.1) is 5.56 Å². The standard InChI is InChI=1S/C15H13F4NS/c16-10-4-3-5-11(8-10)21-9-14(20)12-6-1-2-7-13(12)15(17,18)19/h1-8,14H,9,20H2. The van der Waals surface area contributed by atoms with Gasteiger partial charge in [0.1, 0.15) is 5.82 Å². The number of nitrogens with two attached hydrogens (primary N) is 1. The maximum Gasteiger partial charge on any atom is 0.416 e. The molecule has 2 rings (SSSR count). The van der Waals surface area contributed by atoms with Gasteiger partial charge in [-0.25, -0.2) is 4.39 Å². The molecule has 0 fully saturated rings. The van der Waals surface area contributed by atoms with Crippen LogP contribution in [0.25, 0.3) is 0 Å². The summed E-state index contributed by atoms with van der Waals surface area (Å²) in [6.07, 6.45) is -4.43. The summed E-state index contributed by atoms with van der Waals surface area (Å²) >= 11 is 1.22. The largest absolute Gasteiger partial charge is 0.416 e. The normalized spacial score (nSPS) is 13.2. The van der Waals surface area contributed by atoms with E-state index in [1.165, 1.54) is 42.1 Å². The highest BCUT2D eigenvalue weighted by Gasteiger charge is 2.34. The summed E-state index contributed by atoms with van der Waals surface area (Å²) in [5.74, 6) is -0.152. The lowest BCUT2D eigenvalue weighted by molar-refractivity contribution is -0.138. The number of rotatable bonds is 4. The van der Waals surface area contributed by atoms with E-state index in [4.69, 9.17) is 5.73 Å². The third kappa shape index (κ3) is 4.22. The van der Waals surface area contributed by atoms with E-state index in [9.17, 15) is 17.6 Å². The van der Waals surface area contributed by atoms with E-state index in [2.05, 4.69) is 0 Å². The van der Waals surface area contributed by atoms with Gasteiger partial charge in [-0.05, 0) is 29.8 Å². The lowest BCUT2D eigenvalue weighted by atomic mass is 10.0. The third-order valence-electron chi connectivity index (χ3n) is 2.89. The average molecular weight is 315 g/mol. The predicted octanol–water partition coefficient (Wildman–Crippen LogP) is 4.64. The van der Waals surface area contributed by atoms with Gasteiger partial charge in [-0.1, -0.05) is 24.3 Å². The van der Waals surface area contributed by atoms with Crippen LogP contribution < -0.4 is 5.73 Å². The topological polar surface area (TPSA) is 26.0 Å². The zero-order chi connectivity index (χ0) is 15.5. The van der Waals surface area contributed by atoms with E-state index in [1.54, 1.807) is 12.1 Å². The molecular formula is C15H13F4NS. The highest BCUT2D eigenvalue weighted by Crippen LogP contribution is 2.35. The molecule has 0 radical (unpaired) electrons. The van der Waals surface area contributed by atoms with Gasteiger partial charge in [0.25, 0.3) is 0 Å². The minimum absolute atomic E-state index is 0.0499. The van der Waals surface area contributed by atoms with E-state index >= 15 is 0 Å². The van der Waals surface area contributed by atoms with Crippen LogP contribution in [0.5, 0.6) is 0 Å². The summed E-state index contributed by atoms with van der Waals surface area (Å²) in [4.78, 5) is 0.634. The van der Waals surface area contributed by atoms with Gasteiger partial charge in [0.2, 0.25) is 0 Å². The Bertz CT molecular complexity index is 613. The molecule has 0 aliphatic heterocycles. The summed E-state index contributed by atoms with van der Waals surface area (Å²) in [5.41, 5.74) is 5.19. The van der Waals surface area contributed by atoms with Crippen molar-refractivity contribution in [3.05, 3.63) is 65.5 Å². The fourth-order valence-corrected chi connectivity index (χ4v) is 2.83. The van der Waals surface area contributed by atoms with Crippen LogP contribution in [0.1, 0.15) is 17.2 Å². The molecule has 112 valence electrons. The lowest BCUT2D eigenvalue weighted by Gasteiger charge is -2.18. The Balaban J connectivity index is 2.12. The van der Waals surface area contributed by atoms with Crippen LogP contribution in [0.2, 0.25) is 0 Å². The molecule has 2 aromatic rings. The summed E-state index contributed by atoms with van der Waals surface area (Å²) in [6, 6.07) is 10.3. The molecule has 21 heavy (non-hydrogen) atoms. The Labute approximate surface area is 124 Å². The van der Waals surface area contributed by atoms with E-state index in [0.717, 1.165) is 6.07 Å². The van der Waals surface area contributed by atoms with E-state index in [-0.39, 0.29) is 17.1 Å². The van der Waals surface area contributed by atoms with Crippen molar-refractivity contribution in [1.29, 1.82) is 0 Å². The van der Waals surface area contributed by atoms with Crippen LogP contribution in [0.4, 0.5) is 17.6 Å². The predicted molar refractivity (Wildman–Crippen MR) is 75.5 cm³/mol. The van der Waals surface area contributed by atoms with Gasteiger partial charge in [-0.2, -0.15) is 13.2 Å². The van der Waals surface area contributed by atoms with Gasteiger partial charge in [0, 0.05) is 16.7 Å². The molecule has 0 bridgehead atoms. The van der Waals surface area contributed by atoms with Crippen molar-refractivity contribution in [3.8, 4) is 0 Å². The summed E-state index contributed by atoms with van der Waals surface area (Å²) in [6.45, 7) is 0. The van der Waals surface area contributed by atoms with Crippen molar-refractivity contribution in [2.45, 2.75) is 17.1 Å². The fourth-order valence-electron chi connectivity index (χ4n) is 1.91. The zero-order valence-electron chi connectivity index (χ0n) is 10.9. The van der Waals surface area contributed by atoms with Gasteiger partial charge in [-0.3, -0.25) is 0 Å². The first-order chi connectivity index (χ1) is 9.88. The first-order valence-electron chi connectivity index (χ1n) is 6.18. The second-order valence-electron chi connectivity index (χ2n) is 4.46. The van der Waals surface area contributed by atoms with Gasteiger partial charge < -0.3 is 5.73 Å². The minimum Gasteiger partial charge on any atom is -0.323 e. The zero-order valence-corrected chi connectivity index (χ0v) is 11.7. The second kappa shape index (κ2) is 6.49. The highest BCUT2D eigenvalue weighted by atomic mass is 32.2. The first-order valence-corrected chi connectivity index (χ1v) is 7.16. The van der Waals surface area contributed by atoms with Gasteiger partial charge >= 0.3 is 6.18 Å². The maximum atomic E-state index is 13.0. The van der Waals surface area contributed by atoms with Crippen molar-refractivity contribution < 1.29 is 17.6 Å². The van der Waals surface area contributed by atoms with Crippen LogP contribution in [0.15, 0.2) is 53.4 Å². The first kappa shape index (κ1) is 15.9. The molecule has 0 amide bonds. The SMILES string of the molecule is NC(CSc1cccc(F)c1)c1ccccc1C(F)(F)F. The Hall–Kier alpha value is -1.53. The molecule has 1 atom stereocenters. The molecule has 2 aromatic carbocycles. The van der Waals surface area contributed by atoms with Crippen LogP contribution in [-0.2, 0) is 6.18 Å². The quantitative estimate of drug-likeness (QED) is 0.657. The summed E-state index contributed by atoms with van der Waals surface area (Å²) in [5, 5.41) is 0. The number of alkyl halides is 3. The van der Waals surface area contributed by atoms with E-state index in [0.29, 0.717) is 4.90 Å². The number of hydrogen-bond acceptors (Lipinski definition) is 2. The van der Waals surface area contributed by atoms with Crippen LogP contribution in [-0.4, -0.2) is 5.75 Å². The number of hydrogen-bond donors (Lipinski definition) is 1.